The van der Waals surface area contributed by atoms with E-state index in [1.165, 1.54) is 5.69 Å². The lowest BCUT2D eigenvalue weighted by Crippen LogP contribution is -2.34. The van der Waals surface area contributed by atoms with Gasteiger partial charge in [-0.15, -0.1) is 0 Å². The van der Waals surface area contributed by atoms with Crippen molar-refractivity contribution in [2.45, 2.75) is 31.1 Å². The molecule has 8 heteroatoms. The smallest absolute Gasteiger partial charge is 0.224 e. The van der Waals surface area contributed by atoms with Gasteiger partial charge in [0.05, 0.1) is 18.9 Å². The highest BCUT2D eigenvalue weighted by molar-refractivity contribution is 5.46. The molecule has 140 valence electrons. The third kappa shape index (κ3) is 3.81. The predicted octanol–water partition coefficient (Wildman–Crippen LogP) is 1.49. The minimum atomic E-state index is 0.0606. The first kappa shape index (κ1) is 17.2. The van der Waals surface area contributed by atoms with E-state index in [4.69, 9.17) is 9.84 Å². The van der Waals surface area contributed by atoms with E-state index < -0.39 is 0 Å². The van der Waals surface area contributed by atoms with Crippen molar-refractivity contribution in [3.05, 3.63) is 29.7 Å². The van der Waals surface area contributed by atoms with Crippen LogP contribution in [0.2, 0.25) is 0 Å². The highest BCUT2D eigenvalue weighted by atomic mass is 16.5. The number of hydrogen-bond donors (Lipinski definition) is 3. The molecule has 0 bridgehead atoms. The van der Waals surface area contributed by atoms with E-state index in [9.17, 15) is 0 Å². The number of piperidine rings is 1. The summed E-state index contributed by atoms with van der Waals surface area (Å²) in [5.41, 5.74) is 2.25. The molecule has 2 aromatic heterocycles. The van der Waals surface area contributed by atoms with Crippen LogP contribution in [-0.2, 0) is 4.74 Å². The summed E-state index contributed by atoms with van der Waals surface area (Å²) in [6.45, 7) is 3.94. The molecule has 4 rings (SSSR count). The largest absolute Gasteiger partial charge is 0.395 e. The maximum atomic E-state index is 9.09. The molecule has 2 aromatic rings. The van der Waals surface area contributed by atoms with E-state index in [1.807, 2.05) is 6.20 Å². The maximum absolute atomic E-state index is 9.09. The van der Waals surface area contributed by atoms with E-state index in [0.29, 0.717) is 24.3 Å². The molecule has 3 N–H and O–H groups in total. The normalized spacial score (nSPS) is 21.3. The molecule has 0 amide bonds. The zero-order valence-corrected chi connectivity index (χ0v) is 14.9. The standard InChI is InChI=1S/C18H26N6O2/c25-9-6-19-18-21-16(14-4-10-26-12-14)11-17(22-18)24-7-2-13(3-8-24)15-1-5-20-23-15/h1,5,11,13-14,25H,2-4,6-10,12H2,(H,20,23)(H,19,21,22)/t14-/m1/s1. The van der Waals surface area contributed by atoms with Crippen molar-refractivity contribution in [1.29, 1.82) is 0 Å². The highest BCUT2D eigenvalue weighted by Crippen LogP contribution is 2.31. The SMILES string of the molecule is OCCNc1nc([C@@H]2CCOC2)cc(N2CCC(c3ccn[nH]3)CC2)n1. The number of rotatable bonds is 6. The number of aliphatic hydroxyl groups is 1. The number of aromatic amines is 1. The molecule has 0 aromatic carbocycles. The van der Waals surface area contributed by atoms with E-state index in [2.05, 4.69) is 42.5 Å². The van der Waals surface area contributed by atoms with E-state index in [0.717, 1.165) is 57.1 Å². The van der Waals surface area contributed by atoms with Crippen LogP contribution in [0.4, 0.5) is 11.8 Å². The fraction of sp³-hybridized carbons (Fsp3) is 0.611. The van der Waals surface area contributed by atoms with Gasteiger partial charge in [0.2, 0.25) is 5.95 Å². The number of H-pyrrole nitrogens is 1. The molecule has 1 atom stereocenters. The van der Waals surface area contributed by atoms with Crippen molar-refractivity contribution in [1.82, 2.24) is 20.2 Å². The Labute approximate surface area is 153 Å². The van der Waals surface area contributed by atoms with Crippen LogP contribution in [0.15, 0.2) is 18.3 Å². The van der Waals surface area contributed by atoms with Crippen LogP contribution < -0.4 is 10.2 Å². The first-order chi connectivity index (χ1) is 12.8. The number of nitrogens with zero attached hydrogens (tertiary/aromatic N) is 4. The monoisotopic (exact) mass is 358 g/mol. The van der Waals surface area contributed by atoms with Crippen molar-refractivity contribution in [2.75, 3.05) is 49.7 Å². The van der Waals surface area contributed by atoms with Gasteiger partial charge in [-0.25, -0.2) is 4.98 Å². The number of hydrogen-bond acceptors (Lipinski definition) is 7. The molecular weight excluding hydrogens is 332 g/mol. The van der Waals surface area contributed by atoms with Gasteiger partial charge in [-0.1, -0.05) is 0 Å². The number of anilines is 2. The fourth-order valence-corrected chi connectivity index (χ4v) is 3.75. The van der Waals surface area contributed by atoms with Gasteiger partial charge in [-0.2, -0.15) is 10.1 Å². The number of aromatic nitrogens is 4. The molecule has 2 aliphatic rings. The Kier molecular flexibility index (Phi) is 5.31. The number of ether oxygens (including phenoxy) is 1. The second-order valence-corrected chi connectivity index (χ2v) is 6.96. The van der Waals surface area contributed by atoms with Gasteiger partial charge in [0, 0.05) is 56.0 Å². The molecule has 26 heavy (non-hydrogen) atoms. The lowest BCUT2D eigenvalue weighted by atomic mass is 9.93. The first-order valence-electron chi connectivity index (χ1n) is 9.39. The van der Waals surface area contributed by atoms with Crippen LogP contribution in [0.3, 0.4) is 0 Å². The average Bonchev–Trinajstić information content (AvgIpc) is 3.40. The van der Waals surface area contributed by atoms with Crippen molar-refractivity contribution in [2.24, 2.45) is 0 Å². The second-order valence-electron chi connectivity index (χ2n) is 6.96. The van der Waals surface area contributed by atoms with Gasteiger partial charge in [0.15, 0.2) is 0 Å². The third-order valence-corrected chi connectivity index (χ3v) is 5.26. The Morgan fingerprint density at radius 3 is 2.81 bits per heavy atom. The molecule has 2 fully saturated rings. The Morgan fingerprint density at radius 2 is 2.12 bits per heavy atom. The maximum Gasteiger partial charge on any atom is 0.224 e. The van der Waals surface area contributed by atoms with E-state index >= 15 is 0 Å². The Hall–Kier alpha value is -2.19. The Bertz CT molecular complexity index is 694. The topological polar surface area (TPSA) is 99.2 Å². The molecule has 4 heterocycles. The van der Waals surface area contributed by atoms with Crippen LogP contribution in [0.25, 0.3) is 0 Å². The zero-order chi connectivity index (χ0) is 17.8. The van der Waals surface area contributed by atoms with Gasteiger partial charge >= 0.3 is 0 Å². The van der Waals surface area contributed by atoms with Gasteiger partial charge in [0.1, 0.15) is 5.82 Å². The van der Waals surface area contributed by atoms with Crippen molar-refractivity contribution in [3.8, 4) is 0 Å². The van der Waals surface area contributed by atoms with Gasteiger partial charge < -0.3 is 20.1 Å². The summed E-state index contributed by atoms with van der Waals surface area (Å²) in [6.07, 6.45) is 4.97. The van der Waals surface area contributed by atoms with Crippen molar-refractivity contribution >= 4 is 11.8 Å². The summed E-state index contributed by atoms with van der Waals surface area (Å²) in [5, 5.41) is 19.4. The summed E-state index contributed by atoms with van der Waals surface area (Å²) in [5.74, 6) is 2.42. The molecule has 0 unspecified atom stereocenters. The van der Waals surface area contributed by atoms with Gasteiger partial charge in [0.25, 0.3) is 0 Å². The average molecular weight is 358 g/mol. The highest BCUT2D eigenvalue weighted by Gasteiger charge is 2.25. The molecule has 0 spiro atoms. The summed E-state index contributed by atoms with van der Waals surface area (Å²) in [6, 6.07) is 4.18. The summed E-state index contributed by atoms with van der Waals surface area (Å²) in [7, 11) is 0. The number of aliphatic hydroxyl groups excluding tert-OH is 1. The van der Waals surface area contributed by atoms with Gasteiger partial charge in [-0.3, -0.25) is 5.10 Å². The van der Waals surface area contributed by atoms with E-state index in [-0.39, 0.29) is 6.61 Å². The van der Waals surface area contributed by atoms with Crippen LogP contribution in [-0.4, -0.2) is 64.7 Å². The molecule has 2 aliphatic heterocycles. The predicted molar refractivity (Wildman–Crippen MR) is 98.6 cm³/mol. The van der Waals surface area contributed by atoms with E-state index in [1.54, 1.807) is 0 Å². The molecule has 8 nitrogen and oxygen atoms in total. The minimum Gasteiger partial charge on any atom is -0.395 e. The van der Waals surface area contributed by atoms with Crippen molar-refractivity contribution in [3.63, 3.8) is 0 Å². The molecule has 2 saturated heterocycles. The number of nitrogens with one attached hydrogen (secondary N) is 2. The summed E-state index contributed by atoms with van der Waals surface area (Å²) in [4.78, 5) is 11.7. The van der Waals surface area contributed by atoms with Crippen LogP contribution >= 0.6 is 0 Å². The molecule has 0 aliphatic carbocycles. The van der Waals surface area contributed by atoms with Crippen molar-refractivity contribution < 1.29 is 9.84 Å². The van der Waals surface area contributed by atoms with Crippen LogP contribution in [0.1, 0.15) is 42.5 Å². The molecule has 0 radical (unpaired) electrons. The van der Waals surface area contributed by atoms with Crippen LogP contribution in [0.5, 0.6) is 0 Å². The van der Waals surface area contributed by atoms with Crippen LogP contribution in [0, 0.1) is 0 Å². The lowest BCUT2D eigenvalue weighted by molar-refractivity contribution is 0.193. The van der Waals surface area contributed by atoms with Gasteiger partial charge in [-0.05, 0) is 25.3 Å². The summed E-state index contributed by atoms with van der Waals surface area (Å²) < 4.78 is 5.53. The third-order valence-electron chi connectivity index (χ3n) is 5.26. The fourth-order valence-electron chi connectivity index (χ4n) is 3.75. The Balaban J connectivity index is 1.50. The second kappa shape index (κ2) is 8.01. The minimum absolute atomic E-state index is 0.0606. The first-order valence-corrected chi connectivity index (χ1v) is 9.39. The lowest BCUT2D eigenvalue weighted by Gasteiger charge is -2.32. The molecule has 0 saturated carbocycles. The molecular formula is C18H26N6O2. The zero-order valence-electron chi connectivity index (χ0n) is 14.9. The Morgan fingerprint density at radius 1 is 1.23 bits per heavy atom. The quantitative estimate of drug-likeness (QED) is 0.719. The summed E-state index contributed by atoms with van der Waals surface area (Å²) >= 11 is 0.